The number of aromatic nitrogens is 6. The average molecular weight is 549 g/mol. The Morgan fingerprint density at radius 2 is 1.51 bits per heavy atom. The quantitative estimate of drug-likeness (QED) is 0.270. The normalized spacial score (nSPS) is 16.9. The van der Waals surface area contributed by atoms with Gasteiger partial charge in [0.1, 0.15) is 25.8 Å². The largest absolute Gasteiger partial charge is 0.485 e. The first-order valence-electron chi connectivity index (χ1n) is 13.6. The predicted molar refractivity (Wildman–Crippen MR) is 151 cm³/mol. The maximum atomic E-state index is 9.45. The Balaban J connectivity index is 1.21. The monoisotopic (exact) mass is 548 g/mol. The molecule has 2 atom stereocenters. The molecule has 1 saturated heterocycles. The van der Waals surface area contributed by atoms with Crippen LogP contribution < -0.4 is 9.47 Å². The molecule has 1 fully saturated rings. The highest BCUT2D eigenvalue weighted by Gasteiger charge is 2.28. The maximum Gasteiger partial charge on any atom is 0.192 e. The van der Waals surface area contributed by atoms with Crippen LogP contribution in [0.15, 0.2) is 91.5 Å². The van der Waals surface area contributed by atoms with Crippen molar-refractivity contribution in [1.82, 2.24) is 29.1 Å². The van der Waals surface area contributed by atoms with Crippen molar-refractivity contribution in [3.63, 3.8) is 0 Å². The Kier molecular flexibility index (Phi) is 6.75. The summed E-state index contributed by atoms with van der Waals surface area (Å²) in [5.74, 6) is 1.86. The first kappa shape index (κ1) is 25.2. The molecule has 10 nitrogen and oxygen atoms in total. The van der Waals surface area contributed by atoms with Crippen LogP contribution >= 0.6 is 0 Å². The van der Waals surface area contributed by atoms with Gasteiger partial charge in [0.05, 0.1) is 19.0 Å². The molecule has 1 aliphatic rings. The van der Waals surface area contributed by atoms with E-state index in [1.165, 1.54) is 0 Å². The number of imidazole rings is 1. The highest BCUT2D eigenvalue weighted by molar-refractivity contribution is 5.86. The van der Waals surface area contributed by atoms with E-state index in [0.717, 1.165) is 29.5 Å². The number of benzene rings is 3. The molecule has 0 saturated carbocycles. The van der Waals surface area contributed by atoms with Crippen LogP contribution in [-0.2, 0) is 18.0 Å². The summed E-state index contributed by atoms with van der Waals surface area (Å²) in [5.41, 5.74) is 4.81. The van der Waals surface area contributed by atoms with Crippen molar-refractivity contribution in [3.05, 3.63) is 103 Å². The van der Waals surface area contributed by atoms with Crippen LogP contribution in [0.2, 0.25) is 0 Å². The standard InChI is InChI=1S/C31H28N6O4/c38-16-24-12-14-27(41-24)36-19-32-28-30(36)33-20-37-29(34-35-31(28)37)23-11-13-25(39-17-21-7-3-1-4-8-21)26(15-23)40-18-22-9-5-2-6-10-22/h1-11,13,15,19-20,24,27,38H,12,14,16-18H2/t24-,27+/m0/s1. The van der Waals surface area contributed by atoms with E-state index in [4.69, 9.17) is 14.2 Å². The van der Waals surface area contributed by atoms with E-state index in [9.17, 15) is 5.11 Å². The zero-order chi connectivity index (χ0) is 27.6. The second-order valence-corrected chi connectivity index (χ2v) is 9.97. The van der Waals surface area contributed by atoms with Crippen LogP contribution in [0.1, 0.15) is 30.2 Å². The minimum absolute atomic E-state index is 0.00147. The highest BCUT2D eigenvalue weighted by atomic mass is 16.5. The molecular formula is C31H28N6O4. The predicted octanol–water partition coefficient (Wildman–Crippen LogP) is 4.97. The first-order chi connectivity index (χ1) is 20.3. The van der Waals surface area contributed by atoms with Crippen molar-refractivity contribution in [1.29, 1.82) is 0 Å². The van der Waals surface area contributed by atoms with Crippen molar-refractivity contribution >= 4 is 16.8 Å². The molecule has 6 aromatic rings. The van der Waals surface area contributed by atoms with Crippen molar-refractivity contribution in [2.75, 3.05) is 6.61 Å². The van der Waals surface area contributed by atoms with Gasteiger partial charge >= 0.3 is 0 Å². The van der Waals surface area contributed by atoms with Gasteiger partial charge in [-0.15, -0.1) is 10.2 Å². The summed E-state index contributed by atoms with van der Waals surface area (Å²) in [5, 5.41) is 18.4. The van der Waals surface area contributed by atoms with Gasteiger partial charge in [-0.05, 0) is 42.2 Å². The van der Waals surface area contributed by atoms with E-state index in [0.29, 0.717) is 47.3 Å². The number of ether oxygens (including phenoxy) is 3. The summed E-state index contributed by atoms with van der Waals surface area (Å²) >= 11 is 0. The zero-order valence-corrected chi connectivity index (χ0v) is 22.2. The van der Waals surface area contributed by atoms with Gasteiger partial charge in [-0.25, -0.2) is 9.97 Å². The Morgan fingerprint density at radius 3 is 2.22 bits per heavy atom. The van der Waals surface area contributed by atoms with Crippen LogP contribution in [0.3, 0.4) is 0 Å². The van der Waals surface area contributed by atoms with Crippen LogP contribution in [0.4, 0.5) is 0 Å². The lowest BCUT2D eigenvalue weighted by molar-refractivity contribution is -0.0207. The Hall–Kier alpha value is -4.80. The second-order valence-electron chi connectivity index (χ2n) is 9.97. The Labute approximate surface area is 235 Å². The molecule has 206 valence electrons. The average Bonchev–Trinajstić information content (AvgIpc) is 3.78. The molecule has 3 aromatic heterocycles. The highest BCUT2D eigenvalue weighted by Crippen LogP contribution is 2.35. The fourth-order valence-electron chi connectivity index (χ4n) is 5.10. The lowest BCUT2D eigenvalue weighted by atomic mass is 10.2. The molecule has 0 aliphatic carbocycles. The third-order valence-electron chi connectivity index (χ3n) is 7.25. The SMILES string of the molecule is OC[C@@H]1CC[C@H](n2cnc3c2ncn2c(-c4ccc(OCc5ccccc5)c(OCc5ccccc5)c4)nnc32)O1. The van der Waals surface area contributed by atoms with Crippen LogP contribution in [-0.4, -0.2) is 47.0 Å². The Bertz CT molecular complexity index is 1790. The van der Waals surface area contributed by atoms with Gasteiger partial charge in [0.15, 0.2) is 34.1 Å². The van der Waals surface area contributed by atoms with Gasteiger partial charge < -0.3 is 19.3 Å². The number of rotatable bonds is 9. The molecule has 3 aromatic carbocycles. The summed E-state index contributed by atoms with van der Waals surface area (Å²) in [6.45, 7) is 0.818. The van der Waals surface area contributed by atoms with E-state index in [-0.39, 0.29) is 18.9 Å². The maximum absolute atomic E-state index is 9.45. The third-order valence-corrected chi connectivity index (χ3v) is 7.25. The molecule has 1 N–H and O–H groups in total. The summed E-state index contributed by atoms with van der Waals surface area (Å²) in [4.78, 5) is 9.27. The Morgan fingerprint density at radius 1 is 0.780 bits per heavy atom. The summed E-state index contributed by atoms with van der Waals surface area (Å²) < 4.78 is 22.1. The van der Waals surface area contributed by atoms with E-state index in [1.54, 1.807) is 12.7 Å². The number of aliphatic hydroxyl groups excluding tert-OH is 1. The number of hydrogen-bond donors (Lipinski definition) is 1. The summed E-state index contributed by atoms with van der Waals surface area (Å²) in [6.07, 6.45) is 4.60. The zero-order valence-electron chi connectivity index (χ0n) is 22.2. The fourth-order valence-corrected chi connectivity index (χ4v) is 5.10. The molecule has 4 heterocycles. The van der Waals surface area contributed by atoms with Crippen molar-refractivity contribution in [3.8, 4) is 22.9 Å². The molecule has 7 rings (SSSR count). The minimum Gasteiger partial charge on any atom is -0.485 e. The molecule has 10 heteroatoms. The van der Waals surface area contributed by atoms with Gasteiger partial charge in [-0.2, -0.15) is 0 Å². The molecule has 1 aliphatic heterocycles. The van der Waals surface area contributed by atoms with Crippen LogP contribution in [0, 0.1) is 0 Å². The molecule has 0 radical (unpaired) electrons. The molecule has 0 spiro atoms. The van der Waals surface area contributed by atoms with Crippen LogP contribution in [0.5, 0.6) is 11.5 Å². The van der Waals surface area contributed by atoms with Gasteiger partial charge in [-0.1, -0.05) is 60.7 Å². The van der Waals surface area contributed by atoms with E-state index < -0.39 is 0 Å². The number of aliphatic hydroxyl groups is 1. The smallest absolute Gasteiger partial charge is 0.192 e. The van der Waals surface area contributed by atoms with Crippen molar-refractivity contribution < 1.29 is 19.3 Å². The van der Waals surface area contributed by atoms with Crippen molar-refractivity contribution in [2.45, 2.75) is 38.4 Å². The molecule has 41 heavy (non-hydrogen) atoms. The summed E-state index contributed by atoms with van der Waals surface area (Å²) in [6, 6.07) is 25.8. The number of fused-ring (bicyclic) bond motifs is 3. The third kappa shape index (κ3) is 4.99. The molecule has 0 bridgehead atoms. The van der Waals surface area contributed by atoms with Gasteiger partial charge in [0, 0.05) is 5.56 Å². The number of nitrogens with zero attached hydrogens (tertiary/aromatic N) is 6. The van der Waals surface area contributed by atoms with Crippen LogP contribution in [0.25, 0.3) is 28.2 Å². The van der Waals surface area contributed by atoms with Gasteiger partial charge in [0.2, 0.25) is 0 Å². The van der Waals surface area contributed by atoms with E-state index >= 15 is 0 Å². The van der Waals surface area contributed by atoms with Gasteiger partial charge in [0.25, 0.3) is 0 Å². The minimum atomic E-state index is -0.220. The lowest BCUT2D eigenvalue weighted by Crippen LogP contribution is -2.14. The first-order valence-corrected chi connectivity index (χ1v) is 13.6. The van der Waals surface area contributed by atoms with Gasteiger partial charge in [-0.3, -0.25) is 8.97 Å². The van der Waals surface area contributed by atoms with Crippen molar-refractivity contribution in [2.24, 2.45) is 0 Å². The van der Waals surface area contributed by atoms with E-state index in [2.05, 4.69) is 20.2 Å². The fraction of sp³-hybridized carbons (Fsp3) is 0.226. The topological polar surface area (TPSA) is 109 Å². The van der Waals surface area contributed by atoms with E-state index in [1.807, 2.05) is 87.8 Å². The number of hydrogen-bond acceptors (Lipinski definition) is 8. The second kappa shape index (κ2) is 11.0. The molecule has 0 amide bonds. The lowest BCUT2D eigenvalue weighted by Gasteiger charge is -2.14. The molecular weight excluding hydrogens is 520 g/mol. The summed E-state index contributed by atoms with van der Waals surface area (Å²) in [7, 11) is 0. The molecule has 0 unspecified atom stereocenters.